The summed E-state index contributed by atoms with van der Waals surface area (Å²) in [5.74, 6) is 1.38. The smallest absolute Gasteiger partial charge is 0.123 e. The third kappa shape index (κ3) is 3.53. The lowest BCUT2D eigenvalue weighted by Gasteiger charge is -2.28. The first kappa shape index (κ1) is 12.6. The number of halogens is 1. The second kappa shape index (κ2) is 6.15. The molecule has 0 radical (unpaired) electrons. The summed E-state index contributed by atoms with van der Waals surface area (Å²) in [5.41, 5.74) is 6.85. The summed E-state index contributed by atoms with van der Waals surface area (Å²) in [6.45, 7) is 0.817. The van der Waals surface area contributed by atoms with Crippen molar-refractivity contribution in [3.05, 3.63) is 35.6 Å². The Balaban J connectivity index is 1.84. The fourth-order valence-corrected chi connectivity index (χ4v) is 2.93. The van der Waals surface area contributed by atoms with Crippen LogP contribution in [0.5, 0.6) is 0 Å². The molecule has 2 heteroatoms. The quantitative estimate of drug-likeness (QED) is 0.843. The van der Waals surface area contributed by atoms with E-state index in [0.29, 0.717) is 5.92 Å². The van der Waals surface area contributed by atoms with Crippen molar-refractivity contribution in [1.29, 1.82) is 0 Å². The number of hydrogen-bond acceptors (Lipinski definition) is 1. The van der Waals surface area contributed by atoms with Gasteiger partial charge in [0.05, 0.1) is 0 Å². The predicted octanol–water partition coefficient (Wildman–Crippen LogP) is 3.84. The molecule has 0 heterocycles. The Morgan fingerprint density at radius 1 is 1.06 bits per heavy atom. The van der Waals surface area contributed by atoms with E-state index in [1.807, 2.05) is 12.1 Å². The molecule has 94 valence electrons. The molecule has 0 unspecified atom stereocenters. The van der Waals surface area contributed by atoms with Crippen molar-refractivity contribution < 1.29 is 4.39 Å². The van der Waals surface area contributed by atoms with Crippen LogP contribution in [0.4, 0.5) is 4.39 Å². The van der Waals surface area contributed by atoms with Crippen LogP contribution in [-0.2, 0) is 0 Å². The van der Waals surface area contributed by atoms with E-state index >= 15 is 0 Å². The zero-order valence-corrected chi connectivity index (χ0v) is 10.4. The minimum absolute atomic E-state index is 0.134. The minimum atomic E-state index is -0.134. The third-order valence-corrected chi connectivity index (χ3v) is 4.00. The van der Waals surface area contributed by atoms with Crippen LogP contribution in [0.15, 0.2) is 24.3 Å². The Bertz CT molecular complexity index is 325. The molecule has 1 aromatic rings. The molecule has 1 aromatic carbocycles. The summed E-state index contributed by atoms with van der Waals surface area (Å²) in [5, 5.41) is 0. The SMILES string of the molecule is NCCCC1CCC(c2ccc(F)cc2)CC1. The van der Waals surface area contributed by atoms with Gasteiger partial charge in [0, 0.05) is 0 Å². The maximum Gasteiger partial charge on any atom is 0.123 e. The molecule has 0 aromatic heterocycles. The van der Waals surface area contributed by atoms with Gasteiger partial charge in [-0.3, -0.25) is 0 Å². The standard InChI is InChI=1S/C15H22FN/c16-15-9-7-14(8-10-15)13-5-3-12(4-6-13)2-1-11-17/h7-10,12-13H,1-6,11,17H2. The Morgan fingerprint density at radius 3 is 2.29 bits per heavy atom. The lowest BCUT2D eigenvalue weighted by molar-refractivity contribution is 0.306. The van der Waals surface area contributed by atoms with Gasteiger partial charge in [-0.2, -0.15) is 0 Å². The van der Waals surface area contributed by atoms with Crippen LogP contribution in [0.2, 0.25) is 0 Å². The lowest BCUT2D eigenvalue weighted by Crippen LogP contribution is -2.14. The molecular formula is C15H22FN. The molecule has 2 rings (SSSR count). The molecule has 0 aliphatic heterocycles. The Kier molecular flexibility index (Phi) is 4.55. The number of rotatable bonds is 4. The number of benzene rings is 1. The second-order valence-corrected chi connectivity index (χ2v) is 5.20. The van der Waals surface area contributed by atoms with Gasteiger partial charge in [-0.05, 0) is 74.6 Å². The van der Waals surface area contributed by atoms with E-state index < -0.39 is 0 Å². The van der Waals surface area contributed by atoms with Gasteiger partial charge in [-0.1, -0.05) is 12.1 Å². The lowest BCUT2D eigenvalue weighted by atomic mass is 9.77. The van der Waals surface area contributed by atoms with Gasteiger partial charge >= 0.3 is 0 Å². The van der Waals surface area contributed by atoms with Gasteiger partial charge in [0.1, 0.15) is 5.82 Å². The molecule has 1 fully saturated rings. The number of hydrogen-bond donors (Lipinski definition) is 1. The van der Waals surface area contributed by atoms with Crippen LogP contribution < -0.4 is 5.73 Å². The summed E-state index contributed by atoms with van der Waals surface area (Å²) < 4.78 is 12.8. The Morgan fingerprint density at radius 2 is 1.71 bits per heavy atom. The fourth-order valence-electron chi connectivity index (χ4n) is 2.93. The predicted molar refractivity (Wildman–Crippen MR) is 69.4 cm³/mol. The molecule has 0 atom stereocenters. The Labute approximate surface area is 103 Å². The highest BCUT2D eigenvalue weighted by molar-refractivity contribution is 5.20. The van der Waals surface area contributed by atoms with Gasteiger partial charge in [0.15, 0.2) is 0 Å². The monoisotopic (exact) mass is 235 g/mol. The van der Waals surface area contributed by atoms with Gasteiger partial charge in [-0.15, -0.1) is 0 Å². The first-order valence-electron chi connectivity index (χ1n) is 6.75. The first-order chi connectivity index (χ1) is 8.29. The van der Waals surface area contributed by atoms with Crippen molar-refractivity contribution in [1.82, 2.24) is 0 Å². The fraction of sp³-hybridized carbons (Fsp3) is 0.600. The van der Waals surface area contributed by atoms with Gasteiger partial charge < -0.3 is 5.73 Å². The van der Waals surface area contributed by atoms with Crippen molar-refractivity contribution in [2.24, 2.45) is 11.7 Å². The zero-order chi connectivity index (χ0) is 12.1. The summed E-state index contributed by atoms with van der Waals surface area (Å²) in [7, 11) is 0. The summed E-state index contributed by atoms with van der Waals surface area (Å²) >= 11 is 0. The van der Waals surface area contributed by atoms with Crippen LogP contribution in [0, 0.1) is 11.7 Å². The van der Waals surface area contributed by atoms with Crippen molar-refractivity contribution in [3.8, 4) is 0 Å². The second-order valence-electron chi connectivity index (χ2n) is 5.20. The summed E-state index contributed by atoms with van der Waals surface area (Å²) in [4.78, 5) is 0. The van der Waals surface area contributed by atoms with Gasteiger partial charge in [0.2, 0.25) is 0 Å². The number of nitrogens with two attached hydrogens (primary N) is 1. The van der Waals surface area contributed by atoms with E-state index in [-0.39, 0.29) is 5.82 Å². The molecule has 1 nitrogen and oxygen atoms in total. The minimum Gasteiger partial charge on any atom is -0.330 e. The van der Waals surface area contributed by atoms with Gasteiger partial charge in [-0.25, -0.2) is 4.39 Å². The maximum absolute atomic E-state index is 12.8. The van der Waals surface area contributed by atoms with Crippen LogP contribution in [0.25, 0.3) is 0 Å². The average molecular weight is 235 g/mol. The molecule has 0 amide bonds. The van der Waals surface area contributed by atoms with Crippen molar-refractivity contribution in [2.75, 3.05) is 6.54 Å². The van der Waals surface area contributed by atoms with Crippen LogP contribution >= 0.6 is 0 Å². The largest absolute Gasteiger partial charge is 0.330 e. The topological polar surface area (TPSA) is 26.0 Å². The highest BCUT2D eigenvalue weighted by Gasteiger charge is 2.21. The van der Waals surface area contributed by atoms with E-state index in [2.05, 4.69) is 0 Å². The van der Waals surface area contributed by atoms with Crippen molar-refractivity contribution >= 4 is 0 Å². The molecule has 1 aliphatic rings. The van der Waals surface area contributed by atoms with Crippen LogP contribution in [0.1, 0.15) is 50.0 Å². The normalized spacial score (nSPS) is 24.8. The van der Waals surface area contributed by atoms with E-state index in [0.717, 1.165) is 18.9 Å². The summed E-state index contributed by atoms with van der Waals surface area (Å²) in [6, 6.07) is 7.05. The first-order valence-corrected chi connectivity index (χ1v) is 6.75. The molecule has 0 spiro atoms. The van der Waals surface area contributed by atoms with E-state index in [1.165, 1.54) is 37.7 Å². The van der Waals surface area contributed by atoms with E-state index in [1.54, 1.807) is 12.1 Å². The molecule has 17 heavy (non-hydrogen) atoms. The van der Waals surface area contributed by atoms with E-state index in [9.17, 15) is 4.39 Å². The molecule has 0 bridgehead atoms. The Hall–Kier alpha value is -0.890. The molecule has 1 aliphatic carbocycles. The maximum atomic E-state index is 12.8. The molecular weight excluding hydrogens is 213 g/mol. The van der Waals surface area contributed by atoms with Crippen LogP contribution in [-0.4, -0.2) is 6.54 Å². The third-order valence-electron chi connectivity index (χ3n) is 4.00. The molecule has 1 saturated carbocycles. The highest BCUT2D eigenvalue weighted by atomic mass is 19.1. The van der Waals surface area contributed by atoms with Crippen molar-refractivity contribution in [3.63, 3.8) is 0 Å². The average Bonchev–Trinajstić information content (AvgIpc) is 2.38. The van der Waals surface area contributed by atoms with Gasteiger partial charge in [0.25, 0.3) is 0 Å². The van der Waals surface area contributed by atoms with E-state index in [4.69, 9.17) is 5.73 Å². The highest BCUT2D eigenvalue weighted by Crippen LogP contribution is 2.37. The van der Waals surface area contributed by atoms with Crippen molar-refractivity contribution in [2.45, 2.75) is 44.4 Å². The summed E-state index contributed by atoms with van der Waals surface area (Å²) in [6.07, 6.45) is 7.56. The molecule has 0 saturated heterocycles. The zero-order valence-electron chi connectivity index (χ0n) is 10.4. The molecule has 2 N–H and O–H groups in total. The van der Waals surface area contributed by atoms with Crippen LogP contribution in [0.3, 0.4) is 0 Å².